The van der Waals surface area contributed by atoms with Crippen LogP contribution in [0.5, 0.6) is 0 Å². The maximum Gasteiger partial charge on any atom is 0.306 e. The third-order valence-electron chi connectivity index (χ3n) is 12.4. The van der Waals surface area contributed by atoms with Crippen LogP contribution in [0.25, 0.3) is 0 Å². The van der Waals surface area contributed by atoms with Gasteiger partial charge in [-0.15, -0.1) is 0 Å². The summed E-state index contributed by atoms with van der Waals surface area (Å²) in [6.45, 7) is 6.55. The molecule has 0 radical (unpaired) electrons. The molecule has 6 heteroatoms. The van der Waals surface area contributed by atoms with Crippen molar-refractivity contribution in [3.8, 4) is 0 Å². The molecule has 0 bridgehead atoms. The molecule has 0 heterocycles. The molecule has 1 atom stereocenters. The van der Waals surface area contributed by atoms with E-state index in [9.17, 15) is 14.4 Å². The van der Waals surface area contributed by atoms with Crippen molar-refractivity contribution < 1.29 is 28.6 Å². The van der Waals surface area contributed by atoms with Gasteiger partial charge in [0.05, 0.1) is 0 Å². The van der Waals surface area contributed by atoms with Gasteiger partial charge in [0, 0.05) is 19.3 Å². The Morgan fingerprint density at radius 3 is 0.912 bits per heavy atom. The molecule has 0 aliphatic carbocycles. The number of carbonyl (C=O) groups excluding carboxylic acids is 3. The molecule has 0 unspecified atom stereocenters. The standard InChI is InChI=1S/C62H108O6/c1-4-7-10-13-16-19-22-25-28-30-31-33-34-37-40-43-46-49-52-55-61(64)67-58-59(57-66-60(63)54-51-48-45-42-39-36-27-24-21-18-15-12-9-6-3)68-62(65)56-53-50-47-44-41-38-35-32-29-26-23-20-17-14-11-8-5-2/h15,17-18,20,24-29,35,38,59H,4-14,16,19,21-23,30-34,36-37,39-58H2,1-3H3/b18-15+,20-17+,27-24+,28-25+,29-26+,38-35+/t59-/m1/s1. The smallest absolute Gasteiger partial charge is 0.306 e. The number of rotatable bonds is 52. The van der Waals surface area contributed by atoms with Crippen LogP contribution in [0.1, 0.15) is 284 Å². The van der Waals surface area contributed by atoms with E-state index in [1.54, 1.807) is 0 Å². The maximum absolute atomic E-state index is 12.8. The van der Waals surface area contributed by atoms with Gasteiger partial charge in [0.15, 0.2) is 6.10 Å². The highest BCUT2D eigenvalue weighted by atomic mass is 16.6. The highest BCUT2D eigenvalue weighted by molar-refractivity contribution is 5.71. The maximum atomic E-state index is 12.8. The van der Waals surface area contributed by atoms with E-state index in [0.717, 1.165) is 109 Å². The summed E-state index contributed by atoms with van der Waals surface area (Å²) in [5, 5.41) is 0. The zero-order valence-corrected chi connectivity index (χ0v) is 44.9. The average molecular weight is 950 g/mol. The summed E-state index contributed by atoms with van der Waals surface area (Å²) in [5.74, 6) is -0.920. The lowest BCUT2D eigenvalue weighted by Crippen LogP contribution is -2.30. The van der Waals surface area contributed by atoms with E-state index >= 15 is 0 Å². The van der Waals surface area contributed by atoms with Crippen LogP contribution in [0, 0.1) is 0 Å². The molecular weight excluding hydrogens is 841 g/mol. The molecule has 0 aromatic carbocycles. The first-order valence-electron chi connectivity index (χ1n) is 28.9. The second-order valence-electron chi connectivity index (χ2n) is 19.2. The lowest BCUT2D eigenvalue weighted by molar-refractivity contribution is -0.167. The number of hydrogen-bond acceptors (Lipinski definition) is 6. The zero-order valence-electron chi connectivity index (χ0n) is 44.9. The van der Waals surface area contributed by atoms with E-state index in [1.807, 2.05) is 0 Å². The van der Waals surface area contributed by atoms with Crippen LogP contribution in [0.4, 0.5) is 0 Å². The molecule has 0 saturated carbocycles. The SMILES string of the molecule is CCCC/C=C/C/C=C/CCCCCCCC(=O)OC[C@H](COC(=O)CCCCCCCCCCC/C=C/CCCCCCCC)OC(=O)CCCCCC/C=C/C/C=C/C/C=C/CCCCC. The number of esters is 3. The number of carbonyl (C=O) groups is 3. The molecule has 0 saturated heterocycles. The van der Waals surface area contributed by atoms with Gasteiger partial charge in [-0.2, -0.15) is 0 Å². The van der Waals surface area contributed by atoms with E-state index in [2.05, 4.69) is 93.7 Å². The van der Waals surface area contributed by atoms with Crippen molar-refractivity contribution in [1.29, 1.82) is 0 Å². The Kier molecular flexibility index (Phi) is 53.8. The monoisotopic (exact) mass is 949 g/mol. The largest absolute Gasteiger partial charge is 0.462 e. The van der Waals surface area contributed by atoms with Crippen molar-refractivity contribution in [1.82, 2.24) is 0 Å². The van der Waals surface area contributed by atoms with Gasteiger partial charge in [-0.3, -0.25) is 14.4 Å². The van der Waals surface area contributed by atoms with Gasteiger partial charge >= 0.3 is 17.9 Å². The van der Waals surface area contributed by atoms with Gasteiger partial charge in [0.25, 0.3) is 0 Å². The summed E-state index contributed by atoms with van der Waals surface area (Å²) in [4.78, 5) is 38.2. The highest BCUT2D eigenvalue weighted by Gasteiger charge is 2.19. The molecule has 392 valence electrons. The average Bonchev–Trinajstić information content (AvgIpc) is 3.34. The minimum Gasteiger partial charge on any atom is -0.462 e. The molecule has 6 nitrogen and oxygen atoms in total. The lowest BCUT2D eigenvalue weighted by atomic mass is 10.1. The van der Waals surface area contributed by atoms with Gasteiger partial charge in [0.2, 0.25) is 0 Å². The van der Waals surface area contributed by atoms with Crippen LogP contribution in [0.3, 0.4) is 0 Å². The summed E-state index contributed by atoms with van der Waals surface area (Å²) >= 11 is 0. The molecule has 0 spiro atoms. The van der Waals surface area contributed by atoms with E-state index in [-0.39, 0.29) is 31.1 Å². The van der Waals surface area contributed by atoms with Crippen LogP contribution in [-0.4, -0.2) is 37.2 Å². The Morgan fingerprint density at radius 2 is 0.544 bits per heavy atom. The van der Waals surface area contributed by atoms with Crippen molar-refractivity contribution in [2.24, 2.45) is 0 Å². The Labute approximate surface area is 421 Å². The second-order valence-corrected chi connectivity index (χ2v) is 19.2. The van der Waals surface area contributed by atoms with Gasteiger partial charge in [-0.1, -0.05) is 229 Å². The highest BCUT2D eigenvalue weighted by Crippen LogP contribution is 2.15. The third-order valence-corrected chi connectivity index (χ3v) is 12.4. The van der Waals surface area contributed by atoms with Crippen molar-refractivity contribution in [3.63, 3.8) is 0 Å². The van der Waals surface area contributed by atoms with Crippen LogP contribution in [-0.2, 0) is 28.6 Å². The van der Waals surface area contributed by atoms with Gasteiger partial charge < -0.3 is 14.2 Å². The number of unbranched alkanes of at least 4 members (excludes halogenated alkanes) is 29. The summed E-state index contributed by atoms with van der Waals surface area (Å²) in [5.41, 5.74) is 0. The Hall–Kier alpha value is -3.15. The summed E-state index contributed by atoms with van der Waals surface area (Å²) < 4.78 is 16.8. The molecule has 0 aromatic heterocycles. The molecule has 0 aromatic rings. The van der Waals surface area contributed by atoms with E-state index in [1.165, 1.54) is 135 Å². The Morgan fingerprint density at radius 1 is 0.294 bits per heavy atom. The second kappa shape index (κ2) is 56.4. The fourth-order valence-electron chi connectivity index (χ4n) is 7.99. The van der Waals surface area contributed by atoms with E-state index < -0.39 is 6.10 Å². The van der Waals surface area contributed by atoms with Crippen molar-refractivity contribution >= 4 is 17.9 Å². The van der Waals surface area contributed by atoms with Crippen molar-refractivity contribution in [3.05, 3.63) is 72.9 Å². The zero-order chi connectivity index (χ0) is 49.3. The normalized spacial score (nSPS) is 12.6. The number of ether oxygens (including phenoxy) is 3. The summed E-state index contributed by atoms with van der Waals surface area (Å²) in [6, 6.07) is 0. The minimum absolute atomic E-state index is 0.0897. The van der Waals surface area contributed by atoms with Gasteiger partial charge in [-0.05, 0) is 109 Å². The number of hydrogen-bond donors (Lipinski definition) is 0. The molecule has 0 aliphatic rings. The van der Waals surface area contributed by atoms with E-state index in [4.69, 9.17) is 14.2 Å². The van der Waals surface area contributed by atoms with Crippen LogP contribution < -0.4 is 0 Å². The lowest BCUT2D eigenvalue weighted by Gasteiger charge is -2.18. The fraction of sp³-hybridized carbons (Fsp3) is 0.758. The summed E-state index contributed by atoms with van der Waals surface area (Å²) in [7, 11) is 0. The van der Waals surface area contributed by atoms with E-state index in [0.29, 0.717) is 19.3 Å². The predicted octanol–water partition coefficient (Wildman–Crippen LogP) is 19.4. The van der Waals surface area contributed by atoms with Gasteiger partial charge in [0.1, 0.15) is 13.2 Å². The summed E-state index contributed by atoms with van der Waals surface area (Å²) in [6.07, 6.45) is 71.7. The predicted molar refractivity (Wildman–Crippen MR) is 293 cm³/mol. The molecule has 0 N–H and O–H groups in total. The fourth-order valence-corrected chi connectivity index (χ4v) is 7.99. The molecule has 0 fully saturated rings. The minimum atomic E-state index is -0.794. The molecular formula is C62H108O6. The first-order valence-corrected chi connectivity index (χ1v) is 28.9. The topological polar surface area (TPSA) is 78.9 Å². The molecule has 68 heavy (non-hydrogen) atoms. The Bertz CT molecular complexity index is 1270. The molecule has 0 rings (SSSR count). The van der Waals surface area contributed by atoms with Crippen molar-refractivity contribution in [2.75, 3.05) is 13.2 Å². The van der Waals surface area contributed by atoms with Crippen molar-refractivity contribution in [2.45, 2.75) is 290 Å². The quantitative estimate of drug-likeness (QED) is 0.0262. The van der Waals surface area contributed by atoms with Gasteiger partial charge in [-0.25, -0.2) is 0 Å². The van der Waals surface area contributed by atoms with Crippen LogP contribution >= 0.6 is 0 Å². The first-order chi connectivity index (χ1) is 33.5. The van der Waals surface area contributed by atoms with Crippen LogP contribution in [0.2, 0.25) is 0 Å². The van der Waals surface area contributed by atoms with Crippen LogP contribution in [0.15, 0.2) is 72.9 Å². The molecule has 0 aliphatic heterocycles. The molecule has 0 amide bonds. The Balaban J connectivity index is 4.42. The third kappa shape index (κ3) is 53.8. The number of allylic oxidation sites excluding steroid dienone is 12. The first kappa shape index (κ1) is 64.8.